The van der Waals surface area contributed by atoms with Crippen molar-refractivity contribution in [3.63, 3.8) is 0 Å². The van der Waals surface area contributed by atoms with Gasteiger partial charge in [-0.25, -0.2) is 4.99 Å². The van der Waals surface area contributed by atoms with Gasteiger partial charge in [0.1, 0.15) is 0 Å². The highest BCUT2D eigenvalue weighted by molar-refractivity contribution is 8.14. The van der Waals surface area contributed by atoms with E-state index in [0.29, 0.717) is 12.0 Å². The molecule has 0 radical (unpaired) electrons. The van der Waals surface area contributed by atoms with Gasteiger partial charge in [0.05, 0.1) is 16.6 Å². The lowest BCUT2D eigenvalue weighted by atomic mass is 10.0. The highest BCUT2D eigenvalue weighted by atomic mass is 32.2. The molecule has 0 spiro atoms. The first-order valence-corrected chi connectivity index (χ1v) is 8.10. The van der Waals surface area contributed by atoms with E-state index in [2.05, 4.69) is 23.9 Å². The molecule has 0 unspecified atom stereocenters. The van der Waals surface area contributed by atoms with E-state index >= 15 is 0 Å². The molecule has 0 saturated carbocycles. The monoisotopic (exact) mass is 295 g/mol. The Kier molecular flexibility index (Phi) is 3.77. The number of aromatic nitrogens is 2. The molecule has 0 aliphatic carbocycles. The van der Waals surface area contributed by atoms with Crippen LogP contribution in [0.1, 0.15) is 50.5 Å². The molecule has 0 aromatic carbocycles. The van der Waals surface area contributed by atoms with Crippen molar-refractivity contribution in [3.05, 3.63) is 15.9 Å². The third-order valence-electron chi connectivity index (χ3n) is 3.94. The first-order chi connectivity index (χ1) is 9.58. The average molecular weight is 295 g/mol. The predicted octanol–water partition coefficient (Wildman–Crippen LogP) is 3.02. The van der Waals surface area contributed by atoms with Crippen LogP contribution in [0.3, 0.4) is 0 Å². The molecule has 1 N–H and O–H groups in total. The van der Waals surface area contributed by atoms with Crippen LogP contribution in [0.2, 0.25) is 0 Å². The van der Waals surface area contributed by atoms with Crippen LogP contribution >= 0.6 is 11.8 Å². The van der Waals surface area contributed by atoms with Crippen molar-refractivity contribution >= 4 is 22.6 Å². The van der Waals surface area contributed by atoms with E-state index in [1.165, 1.54) is 0 Å². The molecule has 3 rings (SSSR count). The summed E-state index contributed by atoms with van der Waals surface area (Å²) in [5.74, 6) is 1.26. The minimum Gasteiger partial charge on any atom is -0.381 e. The maximum absolute atomic E-state index is 12.4. The number of H-pyrrole nitrogens is 1. The van der Waals surface area contributed by atoms with Crippen LogP contribution < -0.4 is 5.56 Å². The van der Waals surface area contributed by atoms with E-state index < -0.39 is 0 Å². The first-order valence-electron chi connectivity index (χ1n) is 7.22. The summed E-state index contributed by atoms with van der Waals surface area (Å²) in [7, 11) is 0. The van der Waals surface area contributed by atoms with Gasteiger partial charge in [0.2, 0.25) is 0 Å². The number of hydrogen-bond acceptors (Lipinski definition) is 4. The summed E-state index contributed by atoms with van der Waals surface area (Å²) in [6.07, 6.45) is 1.87. The Hall–Kier alpha value is -1.01. The van der Waals surface area contributed by atoms with Gasteiger partial charge in [-0.2, -0.15) is 0 Å². The molecule has 1 saturated heterocycles. The van der Waals surface area contributed by atoms with Gasteiger partial charge in [0.25, 0.3) is 5.56 Å². The Morgan fingerprint density at radius 1 is 1.40 bits per heavy atom. The van der Waals surface area contributed by atoms with Crippen molar-refractivity contribution in [2.24, 2.45) is 10.9 Å². The van der Waals surface area contributed by atoms with Crippen molar-refractivity contribution in [2.75, 3.05) is 13.2 Å². The summed E-state index contributed by atoms with van der Waals surface area (Å²) in [5.41, 5.74) is 0.871. The first kappa shape index (κ1) is 13.9. The summed E-state index contributed by atoms with van der Waals surface area (Å²) >= 11 is 1.70. The van der Waals surface area contributed by atoms with Crippen LogP contribution in [0, 0.1) is 5.92 Å². The van der Waals surface area contributed by atoms with Crippen molar-refractivity contribution < 1.29 is 4.74 Å². The Labute approximate surface area is 122 Å². The number of nitrogens with one attached hydrogen (secondary N) is 1. The molecule has 1 aromatic heterocycles. The van der Waals surface area contributed by atoms with Gasteiger partial charge in [-0.15, -0.1) is 11.8 Å². The molecule has 6 heteroatoms. The number of hydrogen-bond donors (Lipinski definition) is 1. The van der Waals surface area contributed by atoms with Crippen LogP contribution in [0.5, 0.6) is 0 Å². The number of fused-ring (bicyclic) bond motifs is 1. The molecule has 1 aromatic rings. The molecular weight excluding hydrogens is 274 g/mol. The highest BCUT2D eigenvalue weighted by Gasteiger charge is 2.32. The molecule has 1 fully saturated rings. The molecule has 20 heavy (non-hydrogen) atoms. The van der Waals surface area contributed by atoms with Gasteiger partial charge in [-0.05, 0) is 25.7 Å². The fraction of sp³-hybridized carbons (Fsp3) is 0.714. The van der Waals surface area contributed by atoms with Gasteiger partial charge in [-0.3, -0.25) is 14.6 Å². The zero-order valence-corrected chi connectivity index (χ0v) is 13.0. The summed E-state index contributed by atoms with van der Waals surface area (Å²) < 4.78 is 7.39. The lowest BCUT2D eigenvalue weighted by molar-refractivity contribution is 0.0666. The summed E-state index contributed by atoms with van der Waals surface area (Å²) in [6.45, 7) is 7.85. The van der Waals surface area contributed by atoms with Crippen molar-refractivity contribution in [1.29, 1.82) is 0 Å². The molecule has 2 aliphatic rings. The Bertz CT molecular complexity index is 582. The van der Waals surface area contributed by atoms with Gasteiger partial charge in [0, 0.05) is 18.5 Å². The largest absolute Gasteiger partial charge is 0.381 e. The van der Waals surface area contributed by atoms with Gasteiger partial charge in [0.15, 0.2) is 5.82 Å². The highest BCUT2D eigenvalue weighted by Crippen LogP contribution is 2.44. The zero-order chi connectivity index (χ0) is 14.3. The van der Waals surface area contributed by atoms with E-state index in [4.69, 9.17) is 4.74 Å². The Morgan fingerprint density at radius 2 is 2.10 bits per heavy atom. The number of ether oxygens (including phenoxy) is 1. The number of aromatic amines is 1. The van der Waals surface area contributed by atoms with Gasteiger partial charge in [-0.1, -0.05) is 13.8 Å². The second-order valence-electron chi connectivity index (χ2n) is 5.81. The summed E-state index contributed by atoms with van der Waals surface area (Å²) in [6, 6.07) is 0.299. The smallest absolute Gasteiger partial charge is 0.270 e. The molecule has 5 nitrogen and oxygen atoms in total. The molecule has 0 bridgehead atoms. The van der Waals surface area contributed by atoms with Gasteiger partial charge >= 0.3 is 0 Å². The molecule has 1 atom stereocenters. The Morgan fingerprint density at radius 3 is 2.75 bits per heavy atom. The fourth-order valence-corrected chi connectivity index (χ4v) is 4.03. The molecule has 3 heterocycles. The minimum atomic E-state index is 0.0222. The maximum Gasteiger partial charge on any atom is 0.270 e. The minimum absolute atomic E-state index is 0.0222. The molecule has 0 amide bonds. The predicted molar refractivity (Wildman–Crippen MR) is 82.1 cm³/mol. The van der Waals surface area contributed by atoms with Crippen LogP contribution in [0.25, 0.3) is 0 Å². The van der Waals surface area contributed by atoms with Crippen molar-refractivity contribution in [1.82, 2.24) is 9.78 Å². The fourth-order valence-electron chi connectivity index (χ4n) is 2.92. The van der Waals surface area contributed by atoms with E-state index in [1.54, 1.807) is 11.8 Å². The third kappa shape index (κ3) is 2.35. The standard InChI is InChI=1S/C14H21N3O2S/c1-8(2)12-11-13(15-9(3)20-12)17(16-14(11)18)10-4-6-19-7-5-10/h8,10,12H,4-7H2,1-3H3,(H,16,18)/t12-/m1/s1. The molecular formula is C14H21N3O2S. The van der Waals surface area contributed by atoms with E-state index in [9.17, 15) is 4.79 Å². The summed E-state index contributed by atoms with van der Waals surface area (Å²) in [5, 5.41) is 4.25. The normalized spacial score (nSPS) is 23.8. The average Bonchev–Trinajstić information content (AvgIpc) is 2.76. The second-order valence-corrected chi connectivity index (χ2v) is 7.14. The topological polar surface area (TPSA) is 59.4 Å². The van der Waals surface area contributed by atoms with Crippen LogP contribution in [-0.4, -0.2) is 28.0 Å². The third-order valence-corrected chi connectivity index (χ3v) is 5.41. The van der Waals surface area contributed by atoms with Crippen molar-refractivity contribution in [2.45, 2.75) is 44.9 Å². The number of thioether (sulfide) groups is 1. The van der Waals surface area contributed by atoms with E-state index in [-0.39, 0.29) is 10.8 Å². The number of aliphatic imine (C=N–C) groups is 1. The number of nitrogens with zero attached hydrogens (tertiary/aromatic N) is 2. The van der Waals surface area contributed by atoms with Crippen LogP contribution in [-0.2, 0) is 4.74 Å². The van der Waals surface area contributed by atoms with Gasteiger partial charge < -0.3 is 4.74 Å². The maximum atomic E-state index is 12.4. The second kappa shape index (κ2) is 5.41. The SMILES string of the molecule is CC1=Nc2c(c(=O)[nH]n2C2CCOCC2)[C@@H](C(C)C)S1. The van der Waals surface area contributed by atoms with Crippen LogP contribution in [0.15, 0.2) is 9.79 Å². The van der Waals surface area contributed by atoms with Crippen LogP contribution in [0.4, 0.5) is 5.82 Å². The number of rotatable bonds is 2. The molecule has 110 valence electrons. The summed E-state index contributed by atoms with van der Waals surface area (Å²) in [4.78, 5) is 17.0. The zero-order valence-electron chi connectivity index (χ0n) is 12.2. The quantitative estimate of drug-likeness (QED) is 0.912. The lowest BCUT2D eigenvalue weighted by Crippen LogP contribution is -2.21. The lowest BCUT2D eigenvalue weighted by Gasteiger charge is -2.27. The van der Waals surface area contributed by atoms with E-state index in [0.717, 1.165) is 42.5 Å². The van der Waals surface area contributed by atoms with Crippen molar-refractivity contribution in [3.8, 4) is 0 Å². The molecule has 2 aliphatic heterocycles. The Balaban J connectivity index is 2.07. The van der Waals surface area contributed by atoms with E-state index in [1.807, 2.05) is 11.6 Å².